The average molecular weight is 433 g/mol. The van der Waals surface area contributed by atoms with Crippen LogP contribution >= 0.6 is 11.8 Å². The third-order valence-electron chi connectivity index (χ3n) is 5.65. The number of carbonyl (C=O) groups excluding carboxylic acids is 1. The fourth-order valence-electron chi connectivity index (χ4n) is 4.15. The van der Waals surface area contributed by atoms with Crippen molar-refractivity contribution in [3.8, 4) is 11.1 Å². The van der Waals surface area contributed by atoms with E-state index in [1.165, 1.54) is 31.0 Å². The first kappa shape index (κ1) is 21.4. The van der Waals surface area contributed by atoms with E-state index in [0.717, 1.165) is 40.6 Å². The van der Waals surface area contributed by atoms with E-state index in [-0.39, 0.29) is 11.7 Å². The van der Waals surface area contributed by atoms with Gasteiger partial charge in [-0.3, -0.25) is 4.79 Å². The van der Waals surface area contributed by atoms with Gasteiger partial charge in [0.15, 0.2) is 5.16 Å². The van der Waals surface area contributed by atoms with E-state index in [4.69, 9.17) is 0 Å². The first-order valence-corrected chi connectivity index (χ1v) is 11.9. The van der Waals surface area contributed by atoms with E-state index in [0.29, 0.717) is 12.5 Å². The van der Waals surface area contributed by atoms with Gasteiger partial charge in [-0.15, -0.1) is 16.8 Å². The number of rotatable bonds is 8. The first-order chi connectivity index (χ1) is 15.3. The van der Waals surface area contributed by atoms with E-state index in [1.807, 2.05) is 60.7 Å². The standard InChI is InChI=1S/C25H28N4OS/c1-2-17-29-24(20-13-7-4-8-14-20)27-28-25(29)31-18-23(30)26-22-16-10-9-15-21(22)19-11-5-3-6-12-19/h2-3,5-6,9-12,15-16,20H,1,4,7-8,13-14,17-18H2,(H,26,30). The maximum absolute atomic E-state index is 12.7. The lowest BCUT2D eigenvalue weighted by atomic mass is 9.89. The van der Waals surface area contributed by atoms with Crippen LogP contribution in [0.4, 0.5) is 5.69 Å². The van der Waals surface area contributed by atoms with Crippen molar-refractivity contribution in [3.05, 3.63) is 73.1 Å². The van der Waals surface area contributed by atoms with Gasteiger partial charge < -0.3 is 9.88 Å². The van der Waals surface area contributed by atoms with Crippen LogP contribution in [0.5, 0.6) is 0 Å². The summed E-state index contributed by atoms with van der Waals surface area (Å²) in [5, 5.41) is 12.7. The van der Waals surface area contributed by atoms with Gasteiger partial charge in [0, 0.05) is 23.7 Å². The Balaban J connectivity index is 1.44. The molecule has 6 heteroatoms. The molecule has 1 heterocycles. The summed E-state index contributed by atoms with van der Waals surface area (Å²) in [5.74, 6) is 1.73. The molecule has 1 saturated carbocycles. The number of hydrogen-bond donors (Lipinski definition) is 1. The van der Waals surface area contributed by atoms with Crippen LogP contribution in [-0.2, 0) is 11.3 Å². The molecule has 160 valence electrons. The third kappa shape index (κ3) is 5.25. The largest absolute Gasteiger partial charge is 0.325 e. The molecule has 31 heavy (non-hydrogen) atoms. The zero-order valence-electron chi connectivity index (χ0n) is 17.7. The topological polar surface area (TPSA) is 59.8 Å². The first-order valence-electron chi connectivity index (χ1n) is 10.9. The molecule has 0 aliphatic heterocycles. The highest BCUT2D eigenvalue weighted by Crippen LogP contribution is 2.33. The van der Waals surface area contributed by atoms with E-state index >= 15 is 0 Å². The van der Waals surface area contributed by atoms with E-state index in [2.05, 4.69) is 26.7 Å². The fourth-order valence-corrected chi connectivity index (χ4v) is 4.90. The molecule has 0 bridgehead atoms. The molecule has 3 aromatic rings. The Labute approximate surface area is 188 Å². The lowest BCUT2D eigenvalue weighted by molar-refractivity contribution is -0.113. The van der Waals surface area contributed by atoms with Crippen molar-refractivity contribution in [1.82, 2.24) is 14.8 Å². The van der Waals surface area contributed by atoms with Crippen LogP contribution in [0, 0.1) is 0 Å². The number of anilines is 1. The number of carbonyl (C=O) groups is 1. The zero-order valence-corrected chi connectivity index (χ0v) is 18.5. The molecule has 5 nitrogen and oxygen atoms in total. The number of thioether (sulfide) groups is 1. The summed E-state index contributed by atoms with van der Waals surface area (Å²) in [6.07, 6.45) is 8.00. The second kappa shape index (κ2) is 10.4. The van der Waals surface area contributed by atoms with Crippen molar-refractivity contribution in [1.29, 1.82) is 0 Å². The van der Waals surface area contributed by atoms with Crippen molar-refractivity contribution in [2.24, 2.45) is 0 Å². The van der Waals surface area contributed by atoms with Crippen molar-refractivity contribution in [2.75, 3.05) is 11.1 Å². The average Bonchev–Trinajstić information content (AvgIpc) is 3.22. The molecule has 1 amide bonds. The normalized spacial score (nSPS) is 14.3. The Kier molecular flexibility index (Phi) is 7.20. The van der Waals surface area contributed by atoms with Gasteiger partial charge in [-0.25, -0.2) is 0 Å². The minimum Gasteiger partial charge on any atom is -0.325 e. The van der Waals surface area contributed by atoms with E-state index < -0.39 is 0 Å². The highest BCUT2D eigenvalue weighted by Gasteiger charge is 2.23. The van der Waals surface area contributed by atoms with Crippen LogP contribution in [0.3, 0.4) is 0 Å². The Morgan fingerprint density at radius 3 is 2.58 bits per heavy atom. The monoisotopic (exact) mass is 432 g/mol. The van der Waals surface area contributed by atoms with Gasteiger partial charge in [-0.05, 0) is 24.5 Å². The summed E-state index contributed by atoms with van der Waals surface area (Å²) in [7, 11) is 0. The molecule has 0 unspecified atom stereocenters. The third-order valence-corrected chi connectivity index (χ3v) is 6.61. The minimum atomic E-state index is -0.0549. The van der Waals surface area contributed by atoms with Gasteiger partial charge in [-0.2, -0.15) is 0 Å². The smallest absolute Gasteiger partial charge is 0.234 e. The predicted octanol–water partition coefficient (Wildman–Crippen LogP) is 5.91. The quantitative estimate of drug-likeness (QED) is 0.355. The molecule has 4 rings (SSSR count). The van der Waals surface area contributed by atoms with Crippen molar-refractivity contribution < 1.29 is 4.79 Å². The molecular weight excluding hydrogens is 404 g/mol. The maximum atomic E-state index is 12.7. The summed E-state index contributed by atoms with van der Waals surface area (Å²) >= 11 is 1.43. The molecule has 0 atom stereocenters. The van der Waals surface area contributed by atoms with Crippen LogP contribution in [0.25, 0.3) is 11.1 Å². The van der Waals surface area contributed by atoms with Crippen molar-refractivity contribution >= 4 is 23.4 Å². The number of nitrogens with one attached hydrogen (secondary N) is 1. The molecule has 0 spiro atoms. The molecule has 1 aromatic heterocycles. The maximum Gasteiger partial charge on any atom is 0.234 e. The summed E-state index contributed by atoms with van der Waals surface area (Å²) < 4.78 is 2.12. The highest BCUT2D eigenvalue weighted by molar-refractivity contribution is 7.99. The van der Waals surface area contributed by atoms with Gasteiger partial charge in [0.1, 0.15) is 5.82 Å². The molecule has 1 aliphatic carbocycles. The second-order valence-corrected chi connectivity index (χ2v) is 8.77. The number of allylic oxidation sites excluding steroid dienone is 1. The Hall–Kier alpha value is -2.86. The van der Waals surface area contributed by atoms with E-state index in [9.17, 15) is 4.79 Å². The van der Waals surface area contributed by atoms with Gasteiger partial charge in [-0.1, -0.05) is 85.6 Å². The number of hydrogen-bond acceptors (Lipinski definition) is 4. The predicted molar refractivity (Wildman–Crippen MR) is 127 cm³/mol. The molecule has 0 saturated heterocycles. The lowest BCUT2D eigenvalue weighted by Crippen LogP contribution is -2.16. The van der Waals surface area contributed by atoms with Crippen LogP contribution in [0.15, 0.2) is 72.4 Å². The Morgan fingerprint density at radius 1 is 1.06 bits per heavy atom. The Bertz CT molecular complexity index is 1030. The van der Waals surface area contributed by atoms with Gasteiger partial charge in [0.05, 0.1) is 5.75 Å². The number of aromatic nitrogens is 3. The summed E-state index contributed by atoms with van der Waals surface area (Å²) in [5.41, 5.74) is 2.90. The van der Waals surface area contributed by atoms with Crippen molar-refractivity contribution in [2.45, 2.75) is 49.7 Å². The number of benzene rings is 2. The van der Waals surface area contributed by atoms with Gasteiger partial charge in [0.25, 0.3) is 0 Å². The molecule has 1 aliphatic rings. The number of para-hydroxylation sites is 1. The summed E-state index contributed by atoms with van der Waals surface area (Å²) in [4.78, 5) is 12.7. The minimum absolute atomic E-state index is 0.0549. The summed E-state index contributed by atoms with van der Waals surface area (Å²) in [6, 6.07) is 18.0. The van der Waals surface area contributed by atoms with Crippen LogP contribution in [-0.4, -0.2) is 26.4 Å². The highest BCUT2D eigenvalue weighted by atomic mass is 32.2. The molecular formula is C25H28N4OS. The fraction of sp³-hybridized carbons (Fsp3) is 0.320. The van der Waals surface area contributed by atoms with Crippen LogP contribution in [0.2, 0.25) is 0 Å². The van der Waals surface area contributed by atoms with Crippen LogP contribution in [0.1, 0.15) is 43.8 Å². The lowest BCUT2D eigenvalue weighted by Gasteiger charge is -2.21. The molecule has 0 radical (unpaired) electrons. The zero-order chi connectivity index (χ0) is 21.5. The number of nitrogens with zero attached hydrogens (tertiary/aromatic N) is 3. The number of amides is 1. The SMILES string of the molecule is C=CCn1c(SCC(=O)Nc2ccccc2-c2ccccc2)nnc1C1CCCCC1. The van der Waals surface area contributed by atoms with Crippen molar-refractivity contribution in [3.63, 3.8) is 0 Å². The van der Waals surface area contributed by atoms with E-state index in [1.54, 1.807) is 0 Å². The Morgan fingerprint density at radius 2 is 1.81 bits per heavy atom. The molecule has 2 aromatic carbocycles. The van der Waals surface area contributed by atoms with Gasteiger partial charge >= 0.3 is 0 Å². The molecule has 1 fully saturated rings. The van der Waals surface area contributed by atoms with Gasteiger partial charge in [0.2, 0.25) is 5.91 Å². The summed E-state index contributed by atoms with van der Waals surface area (Å²) in [6.45, 7) is 4.55. The second-order valence-electron chi connectivity index (χ2n) is 7.82. The van der Waals surface area contributed by atoms with Crippen LogP contribution < -0.4 is 5.32 Å². The molecule has 1 N–H and O–H groups in total.